The molecule has 8 heteroatoms. The Labute approximate surface area is 159 Å². The van der Waals surface area contributed by atoms with Crippen LogP contribution in [0.4, 0.5) is 15.0 Å². The van der Waals surface area contributed by atoms with E-state index in [0.29, 0.717) is 18.3 Å². The van der Waals surface area contributed by atoms with Crippen molar-refractivity contribution in [3.63, 3.8) is 0 Å². The van der Waals surface area contributed by atoms with Crippen LogP contribution in [0.5, 0.6) is 0 Å². The zero-order chi connectivity index (χ0) is 20.8. The number of methoxy groups -OCH3 is 2. The number of ether oxygens (including phenoxy) is 3. The molecule has 0 fully saturated rings. The third-order valence-electron chi connectivity index (χ3n) is 3.86. The average molecular weight is 384 g/mol. The van der Waals surface area contributed by atoms with Gasteiger partial charge < -0.3 is 14.2 Å². The van der Waals surface area contributed by atoms with Crippen LogP contribution in [0.15, 0.2) is 6.07 Å². The summed E-state index contributed by atoms with van der Waals surface area (Å²) < 4.78 is 29.5. The predicted octanol–water partition coefficient (Wildman–Crippen LogP) is 3.98. The van der Waals surface area contributed by atoms with Crippen LogP contribution in [-0.2, 0) is 14.2 Å². The van der Waals surface area contributed by atoms with Gasteiger partial charge in [0, 0.05) is 19.8 Å². The molecule has 0 saturated carbocycles. The Balaban J connectivity index is 3.58. The molecule has 1 atom stereocenters. The molecule has 1 heterocycles. The van der Waals surface area contributed by atoms with Crippen LogP contribution in [0, 0.1) is 6.92 Å². The fourth-order valence-electron chi connectivity index (χ4n) is 2.57. The van der Waals surface area contributed by atoms with Crippen LogP contribution in [0.25, 0.3) is 0 Å². The molecular formula is C19H29FN2O5. The van der Waals surface area contributed by atoms with E-state index in [9.17, 15) is 14.0 Å². The minimum atomic E-state index is -0.907. The number of amides is 1. The lowest BCUT2D eigenvalue weighted by Crippen LogP contribution is -2.45. The molecule has 0 bridgehead atoms. The number of rotatable bonds is 8. The van der Waals surface area contributed by atoms with Gasteiger partial charge in [-0.15, -0.1) is 0 Å². The summed E-state index contributed by atoms with van der Waals surface area (Å²) in [5.41, 5.74) is 0.246. The van der Waals surface area contributed by atoms with E-state index in [2.05, 4.69) is 4.98 Å². The number of carbonyl (C=O) groups excluding carboxylic acids is 2. The fraction of sp³-hybridized carbons (Fsp3) is 0.632. The summed E-state index contributed by atoms with van der Waals surface area (Å²) in [5, 5.41) is 0. The van der Waals surface area contributed by atoms with Crippen LogP contribution in [0.1, 0.15) is 62.0 Å². The molecule has 0 aliphatic rings. The highest BCUT2D eigenvalue weighted by molar-refractivity contribution is 5.89. The minimum Gasteiger partial charge on any atom is -0.443 e. The number of aryl methyl sites for hydroxylation is 1. The number of hydrogen-bond donors (Lipinski definition) is 0. The van der Waals surface area contributed by atoms with Crippen molar-refractivity contribution in [2.45, 2.75) is 59.0 Å². The first kappa shape index (κ1) is 23.0. The Morgan fingerprint density at radius 3 is 2.33 bits per heavy atom. The second kappa shape index (κ2) is 9.75. The van der Waals surface area contributed by atoms with E-state index in [1.807, 2.05) is 0 Å². The van der Waals surface area contributed by atoms with E-state index in [1.165, 1.54) is 19.1 Å². The quantitative estimate of drug-likeness (QED) is 0.498. The first-order valence-electron chi connectivity index (χ1n) is 8.73. The number of carbonyl (C=O) groups is 2. The highest BCUT2D eigenvalue weighted by atomic mass is 19.1. The standard InChI is InChI=1S/C19H29FN2O5/c1-8-14(10-20)22(18(24)27-19(3,4)5)16-12(2)9-13(11-23)15(21-16)17(25-6)26-7/h9,11,14,17H,8,10H2,1-7H3. The number of aldehydes is 1. The maximum absolute atomic E-state index is 13.7. The van der Waals surface area contributed by atoms with Crippen molar-refractivity contribution >= 4 is 18.2 Å². The lowest BCUT2D eigenvalue weighted by molar-refractivity contribution is -0.108. The van der Waals surface area contributed by atoms with Crippen LogP contribution < -0.4 is 4.90 Å². The smallest absolute Gasteiger partial charge is 0.416 e. The van der Waals surface area contributed by atoms with Gasteiger partial charge in [-0.05, 0) is 45.7 Å². The third-order valence-corrected chi connectivity index (χ3v) is 3.86. The molecule has 152 valence electrons. The van der Waals surface area contributed by atoms with E-state index in [1.54, 1.807) is 40.7 Å². The average Bonchev–Trinajstić information content (AvgIpc) is 2.60. The number of anilines is 1. The molecule has 27 heavy (non-hydrogen) atoms. The maximum atomic E-state index is 13.7. The van der Waals surface area contributed by atoms with Gasteiger partial charge >= 0.3 is 6.09 Å². The fourth-order valence-corrected chi connectivity index (χ4v) is 2.57. The number of hydrogen-bond acceptors (Lipinski definition) is 6. The number of pyridine rings is 1. The Morgan fingerprint density at radius 2 is 1.93 bits per heavy atom. The molecule has 0 aromatic carbocycles. The third kappa shape index (κ3) is 5.71. The highest BCUT2D eigenvalue weighted by Crippen LogP contribution is 2.29. The lowest BCUT2D eigenvalue weighted by Gasteiger charge is -2.32. The van der Waals surface area contributed by atoms with Gasteiger partial charge in [-0.1, -0.05) is 6.92 Å². The number of aromatic nitrogens is 1. The second-order valence-corrected chi connectivity index (χ2v) is 7.09. The molecule has 0 aliphatic carbocycles. The van der Waals surface area contributed by atoms with Crippen molar-refractivity contribution in [2.24, 2.45) is 0 Å². The Hall–Kier alpha value is -2.06. The molecule has 0 saturated heterocycles. The van der Waals surface area contributed by atoms with Crippen LogP contribution in [0.3, 0.4) is 0 Å². The van der Waals surface area contributed by atoms with Gasteiger partial charge in [0.1, 0.15) is 23.8 Å². The van der Waals surface area contributed by atoms with E-state index in [4.69, 9.17) is 14.2 Å². The summed E-state index contributed by atoms with van der Waals surface area (Å²) in [6.45, 7) is 7.88. The SMILES string of the molecule is CCC(CF)N(C(=O)OC(C)(C)C)c1nc(C(OC)OC)c(C=O)cc1C. The summed E-state index contributed by atoms with van der Waals surface area (Å²) in [4.78, 5) is 29.9. The number of halogens is 1. The van der Waals surface area contributed by atoms with Crippen molar-refractivity contribution in [2.75, 3.05) is 25.8 Å². The minimum absolute atomic E-state index is 0.202. The van der Waals surface area contributed by atoms with Gasteiger partial charge in [-0.3, -0.25) is 9.69 Å². The molecule has 0 radical (unpaired) electrons. The molecule has 1 amide bonds. The molecule has 1 unspecified atom stereocenters. The summed E-state index contributed by atoms with van der Waals surface area (Å²) in [5.74, 6) is 0.202. The Kier molecular flexibility index (Phi) is 8.30. The predicted molar refractivity (Wildman–Crippen MR) is 99.9 cm³/mol. The normalized spacial score (nSPS) is 12.8. The van der Waals surface area contributed by atoms with Crippen molar-refractivity contribution in [1.29, 1.82) is 0 Å². The van der Waals surface area contributed by atoms with Crippen molar-refractivity contribution in [3.8, 4) is 0 Å². The van der Waals surface area contributed by atoms with Gasteiger partial charge in [-0.2, -0.15) is 0 Å². The largest absolute Gasteiger partial charge is 0.443 e. The molecule has 1 rings (SSSR count). The zero-order valence-corrected chi connectivity index (χ0v) is 17.0. The highest BCUT2D eigenvalue weighted by Gasteiger charge is 2.32. The Bertz CT molecular complexity index is 652. The van der Waals surface area contributed by atoms with Crippen LogP contribution in [-0.4, -0.2) is 49.9 Å². The molecular weight excluding hydrogens is 355 g/mol. The topological polar surface area (TPSA) is 78.0 Å². The van der Waals surface area contributed by atoms with Crippen LogP contribution >= 0.6 is 0 Å². The van der Waals surface area contributed by atoms with E-state index < -0.39 is 30.7 Å². The molecule has 0 aliphatic heterocycles. The van der Waals surface area contributed by atoms with E-state index in [-0.39, 0.29) is 17.1 Å². The second-order valence-electron chi connectivity index (χ2n) is 7.09. The van der Waals surface area contributed by atoms with Gasteiger partial charge in [0.25, 0.3) is 0 Å². The van der Waals surface area contributed by atoms with E-state index >= 15 is 0 Å². The van der Waals surface area contributed by atoms with Crippen LogP contribution in [0.2, 0.25) is 0 Å². The van der Waals surface area contributed by atoms with Crippen molar-refractivity contribution < 1.29 is 28.2 Å². The van der Waals surface area contributed by atoms with Gasteiger partial charge in [0.05, 0.1) is 6.04 Å². The molecule has 1 aromatic heterocycles. The monoisotopic (exact) mass is 384 g/mol. The lowest BCUT2D eigenvalue weighted by atomic mass is 10.1. The van der Waals surface area contributed by atoms with Gasteiger partial charge in [0.2, 0.25) is 6.29 Å². The molecule has 1 aromatic rings. The van der Waals surface area contributed by atoms with E-state index in [0.717, 1.165) is 0 Å². The summed E-state index contributed by atoms with van der Waals surface area (Å²) in [6.07, 6.45) is -0.622. The number of nitrogens with zero attached hydrogens (tertiary/aromatic N) is 2. The first-order chi connectivity index (χ1) is 12.6. The summed E-state index contributed by atoms with van der Waals surface area (Å²) in [6, 6.07) is 0.808. The maximum Gasteiger partial charge on any atom is 0.416 e. The molecule has 0 N–H and O–H groups in total. The summed E-state index contributed by atoms with van der Waals surface area (Å²) in [7, 11) is 2.82. The van der Waals surface area contributed by atoms with Crippen molar-refractivity contribution in [3.05, 3.63) is 22.9 Å². The Morgan fingerprint density at radius 1 is 1.33 bits per heavy atom. The van der Waals surface area contributed by atoms with Gasteiger partial charge in [-0.25, -0.2) is 14.2 Å². The van der Waals surface area contributed by atoms with Crippen molar-refractivity contribution in [1.82, 2.24) is 4.98 Å². The molecule has 0 spiro atoms. The first-order valence-corrected chi connectivity index (χ1v) is 8.73. The van der Waals surface area contributed by atoms with Gasteiger partial charge in [0.15, 0.2) is 6.29 Å². The summed E-state index contributed by atoms with van der Waals surface area (Å²) >= 11 is 0. The zero-order valence-electron chi connectivity index (χ0n) is 17.0. The molecule has 7 nitrogen and oxygen atoms in total. The number of alkyl halides is 1.